The lowest BCUT2D eigenvalue weighted by molar-refractivity contribution is -0.123. The van der Waals surface area contributed by atoms with Crippen LogP contribution in [0.3, 0.4) is 0 Å². The Labute approximate surface area is 181 Å². The van der Waals surface area contributed by atoms with Crippen molar-refractivity contribution < 1.29 is 14.3 Å². The Morgan fingerprint density at radius 2 is 1.67 bits per heavy atom. The zero-order valence-corrected chi connectivity index (χ0v) is 17.6. The van der Waals surface area contributed by atoms with Gasteiger partial charge < -0.3 is 9.47 Å². The maximum Gasteiger partial charge on any atom is 0.277 e. The van der Waals surface area contributed by atoms with Gasteiger partial charge in [-0.15, -0.1) is 0 Å². The molecular formula is C24H23ClN2O3. The number of nitrogens with one attached hydrogen (secondary N) is 1. The number of hydrazone groups is 1. The summed E-state index contributed by atoms with van der Waals surface area (Å²) < 4.78 is 11.4. The first kappa shape index (κ1) is 21.4. The molecule has 0 atom stereocenters. The average Bonchev–Trinajstić information content (AvgIpc) is 2.74. The Balaban J connectivity index is 1.45. The molecule has 0 unspecified atom stereocenters. The molecule has 3 aromatic carbocycles. The number of nitrogens with zero attached hydrogens (tertiary/aromatic N) is 1. The van der Waals surface area contributed by atoms with E-state index in [-0.39, 0.29) is 12.5 Å². The summed E-state index contributed by atoms with van der Waals surface area (Å²) in [5, 5.41) is 4.65. The summed E-state index contributed by atoms with van der Waals surface area (Å²) in [7, 11) is 0. The fraction of sp³-hybridized carbons (Fsp3) is 0.167. The second-order valence-corrected chi connectivity index (χ2v) is 7.16. The highest BCUT2D eigenvalue weighted by molar-refractivity contribution is 6.31. The summed E-state index contributed by atoms with van der Waals surface area (Å²) >= 11 is 6.13. The summed E-state index contributed by atoms with van der Waals surface area (Å²) in [6.07, 6.45) is 1.56. The minimum atomic E-state index is -0.325. The number of carbonyl (C=O) groups excluding carboxylic acids is 1. The third-order valence-corrected chi connectivity index (χ3v) is 4.76. The van der Waals surface area contributed by atoms with Crippen molar-refractivity contribution in [1.29, 1.82) is 0 Å². The zero-order valence-electron chi connectivity index (χ0n) is 16.9. The zero-order chi connectivity index (χ0) is 21.3. The second-order valence-electron chi connectivity index (χ2n) is 6.75. The lowest BCUT2D eigenvalue weighted by atomic mass is 10.1. The fourth-order valence-corrected chi connectivity index (χ4v) is 2.99. The molecule has 0 aliphatic heterocycles. The van der Waals surface area contributed by atoms with Crippen LogP contribution in [-0.2, 0) is 11.4 Å². The van der Waals surface area contributed by atoms with E-state index in [0.717, 1.165) is 33.8 Å². The quantitative estimate of drug-likeness (QED) is 0.407. The van der Waals surface area contributed by atoms with Crippen molar-refractivity contribution in [3.63, 3.8) is 0 Å². The molecule has 30 heavy (non-hydrogen) atoms. The fourth-order valence-electron chi connectivity index (χ4n) is 2.80. The minimum absolute atomic E-state index is 0.0993. The van der Waals surface area contributed by atoms with E-state index in [4.69, 9.17) is 21.1 Å². The van der Waals surface area contributed by atoms with E-state index in [1.807, 2.05) is 80.6 Å². The molecule has 1 N–H and O–H groups in total. The van der Waals surface area contributed by atoms with E-state index >= 15 is 0 Å². The van der Waals surface area contributed by atoms with Crippen LogP contribution in [0.2, 0.25) is 5.02 Å². The molecule has 3 rings (SSSR count). The van der Waals surface area contributed by atoms with Crippen molar-refractivity contribution in [3.8, 4) is 11.5 Å². The third-order valence-electron chi connectivity index (χ3n) is 4.39. The minimum Gasteiger partial charge on any atom is -0.489 e. The van der Waals surface area contributed by atoms with Gasteiger partial charge in [0.15, 0.2) is 6.61 Å². The highest BCUT2D eigenvalue weighted by Crippen LogP contribution is 2.22. The number of aryl methyl sites for hydroxylation is 2. The van der Waals surface area contributed by atoms with Gasteiger partial charge in [0.25, 0.3) is 5.91 Å². The molecule has 0 fully saturated rings. The van der Waals surface area contributed by atoms with Crippen molar-refractivity contribution in [2.24, 2.45) is 5.10 Å². The second kappa shape index (κ2) is 10.5. The van der Waals surface area contributed by atoms with Crippen LogP contribution in [-0.4, -0.2) is 18.7 Å². The van der Waals surface area contributed by atoms with Gasteiger partial charge >= 0.3 is 0 Å². The van der Waals surface area contributed by atoms with Gasteiger partial charge in [-0.2, -0.15) is 5.10 Å². The molecule has 0 saturated carbocycles. The van der Waals surface area contributed by atoms with Crippen LogP contribution in [0.5, 0.6) is 11.5 Å². The first-order valence-corrected chi connectivity index (χ1v) is 9.88. The molecule has 0 saturated heterocycles. The number of halogens is 1. The van der Waals surface area contributed by atoms with Crippen molar-refractivity contribution in [2.75, 3.05) is 6.61 Å². The smallest absolute Gasteiger partial charge is 0.277 e. The number of para-hydroxylation sites is 1. The summed E-state index contributed by atoms with van der Waals surface area (Å²) in [6.45, 7) is 4.18. The molecule has 154 valence electrons. The van der Waals surface area contributed by atoms with E-state index in [0.29, 0.717) is 11.6 Å². The Bertz CT molecular complexity index is 1010. The highest BCUT2D eigenvalue weighted by atomic mass is 35.5. The first-order chi connectivity index (χ1) is 14.5. The van der Waals surface area contributed by atoms with E-state index in [1.54, 1.807) is 6.21 Å². The predicted molar refractivity (Wildman–Crippen MR) is 119 cm³/mol. The van der Waals surface area contributed by atoms with Crippen LogP contribution in [0, 0.1) is 13.8 Å². The maximum atomic E-state index is 12.0. The van der Waals surface area contributed by atoms with Gasteiger partial charge in [0.2, 0.25) is 0 Å². The SMILES string of the molecule is Cc1cccc(C)c1OCC(=O)NN=Cc1ccc(OCc2ccccc2Cl)cc1. The van der Waals surface area contributed by atoms with Crippen LogP contribution < -0.4 is 14.9 Å². The van der Waals surface area contributed by atoms with Crippen LogP contribution >= 0.6 is 11.6 Å². The standard InChI is InChI=1S/C24H23ClN2O3/c1-17-6-5-7-18(2)24(17)30-16-23(28)27-26-14-19-10-12-21(13-11-19)29-15-20-8-3-4-9-22(20)25/h3-14H,15-16H2,1-2H3,(H,27,28). The van der Waals surface area contributed by atoms with Crippen LogP contribution in [0.15, 0.2) is 71.8 Å². The van der Waals surface area contributed by atoms with Gasteiger partial charge in [-0.1, -0.05) is 48.0 Å². The normalized spacial score (nSPS) is 10.8. The van der Waals surface area contributed by atoms with Gasteiger partial charge in [-0.05, 0) is 60.9 Å². The van der Waals surface area contributed by atoms with Gasteiger partial charge in [0.05, 0.1) is 6.21 Å². The molecule has 0 aliphatic rings. The molecule has 0 heterocycles. The van der Waals surface area contributed by atoms with Gasteiger partial charge in [-0.25, -0.2) is 5.43 Å². The third kappa shape index (κ3) is 6.09. The molecule has 0 aliphatic carbocycles. The van der Waals surface area contributed by atoms with Crippen LogP contribution in [0.4, 0.5) is 0 Å². The highest BCUT2D eigenvalue weighted by Gasteiger charge is 2.06. The number of rotatable bonds is 8. The van der Waals surface area contributed by atoms with Crippen molar-refractivity contribution in [1.82, 2.24) is 5.43 Å². The molecule has 0 spiro atoms. The summed E-state index contributed by atoms with van der Waals surface area (Å²) in [5.74, 6) is 1.12. The molecule has 0 bridgehead atoms. The first-order valence-electron chi connectivity index (χ1n) is 9.50. The van der Waals surface area contributed by atoms with Crippen molar-refractivity contribution in [3.05, 3.63) is 94.0 Å². The molecule has 1 amide bonds. The Morgan fingerprint density at radius 3 is 2.37 bits per heavy atom. The lowest BCUT2D eigenvalue weighted by Gasteiger charge is -2.10. The van der Waals surface area contributed by atoms with Crippen LogP contribution in [0.25, 0.3) is 0 Å². The van der Waals surface area contributed by atoms with E-state index in [9.17, 15) is 4.79 Å². The number of amides is 1. The number of carbonyl (C=O) groups is 1. The summed E-state index contributed by atoms with van der Waals surface area (Å²) in [5.41, 5.74) is 6.20. The Morgan fingerprint density at radius 1 is 0.967 bits per heavy atom. The van der Waals surface area contributed by atoms with Crippen molar-refractivity contribution in [2.45, 2.75) is 20.5 Å². The monoisotopic (exact) mass is 422 g/mol. The summed E-state index contributed by atoms with van der Waals surface area (Å²) in [6, 6.07) is 20.8. The predicted octanol–water partition coefficient (Wildman–Crippen LogP) is 5.06. The Hall–Kier alpha value is -3.31. The lowest BCUT2D eigenvalue weighted by Crippen LogP contribution is -2.25. The van der Waals surface area contributed by atoms with E-state index < -0.39 is 0 Å². The number of ether oxygens (including phenoxy) is 2. The van der Waals surface area contributed by atoms with Gasteiger partial charge in [0.1, 0.15) is 18.1 Å². The molecular weight excluding hydrogens is 400 g/mol. The average molecular weight is 423 g/mol. The van der Waals surface area contributed by atoms with Crippen molar-refractivity contribution >= 4 is 23.7 Å². The van der Waals surface area contributed by atoms with E-state index in [1.165, 1.54) is 0 Å². The van der Waals surface area contributed by atoms with Gasteiger partial charge in [-0.3, -0.25) is 4.79 Å². The summed E-state index contributed by atoms with van der Waals surface area (Å²) in [4.78, 5) is 12.0. The largest absolute Gasteiger partial charge is 0.489 e. The molecule has 3 aromatic rings. The van der Waals surface area contributed by atoms with Crippen LogP contribution in [0.1, 0.15) is 22.3 Å². The number of hydrogen-bond donors (Lipinski definition) is 1. The topological polar surface area (TPSA) is 59.9 Å². The molecule has 0 aromatic heterocycles. The molecule has 6 heteroatoms. The Kier molecular flexibility index (Phi) is 7.46. The van der Waals surface area contributed by atoms with Gasteiger partial charge in [0, 0.05) is 10.6 Å². The molecule has 5 nitrogen and oxygen atoms in total. The molecule has 0 radical (unpaired) electrons. The number of hydrogen-bond acceptors (Lipinski definition) is 4. The number of benzene rings is 3. The maximum absolute atomic E-state index is 12.0. The van der Waals surface area contributed by atoms with E-state index in [2.05, 4.69) is 10.5 Å².